The zero-order valence-corrected chi connectivity index (χ0v) is 27.2. The molecule has 0 aliphatic rings. The van der Waals surface area contributed by atoms with Crippen LogP contribution in [0.5, 0.6) is 5.75 Å². The molecule has 0 spiro atoms. The zero-order chi connectivity index (χ0) is 35.5. The molecule has 1 aromatic heterocycles. The Bertz CT molecular complexity index is 2790. The fourth-order valence-electron chi connectivity index (χ4n) is 5.13. The molecule has 6 N–H and O–H groups in total. The van der Waals surface area contributed by atoms with E-state index in [-0.39, 0.29) is 55.0 Å². The van der Waals surface area contributed by atoms with Gasteiger partial charge in [0.1, 0.15) is 21.2 Å². The van der Waals surface area contributed by atoms with Crippen molar-refractivity contribution in [2.45, 2.75) is 21.6 Å². The van der Waals surface area contributed by atoms with E-state index in [1.165, 1.54) is 48.7 Å². The van der Waals surface area contributed by atoms with E-state index in [1.54, 1.807) is 13.0 Å². The Labute approximate surface area is 277 Å². The number of aryl methyl sites for hydroxylation is 1. The number of nitrogens with zero attached hydrogens (tertiary/aromatic N) is 5. The Morgan fingerprint density at radius 2 is 1.33 bits per heavy atom. The van der Waals surface area contributed by atoms with Gasteiger partial charge in [-0.1, -0.05) is 18.2 Å². The lowest BCUT2D eigenvalue weighted by atomic mass is 10.0. The minimum absolute atomic E-state index is 0.0182. The molecular formula is C30H22N6O10S3. The molecular weight excluding hydrogens is 701 g/mol. The molecule has 0 aliphatic heterocycles. The summed E-state index contributed by atoms with van der Waals surface area (Å²) in [5.41, 5.74) is 6.42. The van der Waals surface area contributed by atoms with Gasteiger partial charge in [0.15, 0.2) is 5.75 Å². The number of aromatic hydroxyl groups is 1. The first-order valence-corrected chi connectivity index (χ1v) is 18.0. The van der Waals surface area contributed by atoms with Crippen LogP contribution in [0.2, 0.25) is 0 Å². The van der Waals surface area contributed by atoms with Crippen LogP contribution in [0.15, 0.2) is 114 Å². The van der Waals surface area contributed by atoms with Crippen LogP contribution in [0, 0.1) is 6.92 Å². The first kappa shape index (κ1) is 33.5. The maximum Gasteiger partial charge on any atom is 0.296 e. The zero-order valence-electron chi connectivity index (χ0n) is 24.8. The highest BCUT2D eigenvalue weighted by Gasteiger charge is 2.20. The van der Waals surface area contributed by atoms with Gasteiger partial charge in [-0.15, -0.1) is 20.5 Å². The number of aromatic nitrogens is 1. The molecule has 0 unspecified atom stereocenters. The van der Waals surface area contributed by atoms with Crippen molar-refractivity contribution < 1.29 is 44.0 Å². The molecule has 0 amide bonds. The second-order valence-corrected chi connectivity index (χ2v) is 14.9. The average molecular weight is 723 g/mol. The van der Waals surface area contributed by atoms with Gasteiger partial charge < -0.3 is 10.8 Å². The highest BCUT2D eigenvalue weighted by Crippen LogP contribution is 2.42. The van der Waals surface area contributed by atoms with Crippen LogP contribution in [0.4, 0.5) is 28.4 Å². The molecule has 0 radical (unpaired) electrons. The molecule has 0 aliphatic carbocycles. The fraction of sp³-hybridized carbons (Fsp3) is 0.0333. The van der Waals surface area contributed by atoms with Gasteiger partial charge in [-0.3, -0.25) is 18.6 Å². The van der Waals surface area contributed by atoms with E-state index in [0.717, 1.165) is 24.3 Å². The van der Waals surface area contributed by atoms with Crippen molar-refractivity contribution in [3.05, 3.63) is 84.6 Å². The van der Waals surface area contributed by atoms with E-state index in [2.05, 4.69) is 25.4 Å². The quantitative estimate of drug-likeness (QED) is 0.0653. The number of nitrogen functional groups attached to an aromatic ring is 1. The van der Waals surface area contributed by atoms with Crippen LogP contribution >= 0.6 is 0 Å². The second-order valence-electron chi connectivity index (χ2n) is 10.7. The smallest absolute Gasteiger partial charge is 0.296 e. The number of phenols is 1. The van der Waals surface area contributed by atoms with Gasteiger partial charge in [-0.25, -0.2) is 0 Å². The standard InChI is InChI=1S/C30H22N6O10S3/c1-15-9-17-11-27(49(44,45)46)23(31)13-21(17)30(37)28(15)36-35-25-8-7-24(20-6-5-19(12-22(20)25)47(38,39)40)34-33-18-10-16-3-2-4-26(48(41,42)43)29(16)32-14-18/h2-14,37H,31H2,1H3,(H,38,39,40)(H,41,42,43)(H,44,45,46). The largest absolute Gasteiger partial charge is 0.505 e. The van der Waals surface area contributed by atoms with Gasteiger partial charge >= 0.3 is 0 Å². The van der Waals surface area contributed by atoms with Crippen molar-refractivity contribution in [1.82, 2.24) is 4.98 Å². The lowest BCUT2D eigenvalue weighted by Crippen LogP contribution is -2.03. The Hall–Kier alpha value is -5.44. The van der Waals surface area contributed by atoms with E-state index in [9.17, 15) is 44.0 Å². The average Bonchev–Trinajstić information content (AvgIpc) is 3.02. The monoisotopic (exact) mass is 722 g/mol. The number of para-hydroxylation sites is 1. The van der Waals surface area contributed by atoms with Crippen LogP contribution < -0.4 is 5.73 Å². The van der Waals surface area contributed by atoms with E-state index < -0.39 is 45.9 Å². The summed E-state index contributed by atoms with van der Waals surface area (Å²) in [7, 11) is -13.8. The number of hydrogen-bond donors (Lipinski definition) is 5. The van der Waals surface area contributed by atoms with Crippen LogP contribution in [0.3, 0.4) is 0 Å². The number of anilines is 1. The van der Waals surface area contributed by atoms with Gasteiger partial charge in [0, 0.05) is 21.5 Å². The normalized spacial score (nSPS) is 13.0. The summed E-state index contributed by atoms with van der Waals surface area (Å²) in [6.45, 7) is 1.57. The summed E-state index contributed by atoms with van der Waals surface area (Å²) in [5, 5.41) is 29.1. The van der Waals surface area contributed by atoms with Gasteiger partial charge in [0.2, 0.25) is 0 Å². The number of phenolic OH excluding ortho intramolecular Hbond substituents is 1. The highest BCUT2D eigenvalue weighted by molar-refractivity contribution is 7.86. The molecule has 0 bridgehead atoms. The van der Waals surface area contributed by atoms with Crippen LogP contribution in [0.25, 0.3) is 32.4 Å². The molecule has 0 fully saturated rings. The Morgan fingerprint density at radius 1 is 0.653 bits per heavy atom. The van der Waals surface area contributed by atoms with Crippen molar-refractivity contribution in [3.63, 3.8) is 0 Å². The SMILES string of the molecule is Cc1cc2cc(S(=O)(=O)O)c(N)cc2c(O)c1N=Nc1ccc(N=Nc2cnc3c(S(=O)(=O)O)cccc3c2)c2ccc(S(=O)(=O)O)cc12. The van der Waals surface area contributed by atoms with Gasteiger partial charge in [-0.05, 0) is 72.5 Å². The summed E-state index contributed by atoms with van der Waals surface area (Å²) in [6.07, 6.45) is 1.25. The first-order chi connectivity index (χ1) is 22.9. The van der Waals surface area contributed by atoms with Gasteiger partial charge in [0.25, 0.3) is 30.4 Å². The van der Waals surface area contributed by atoms with E-state index >= 15 is 0 Å². The maximum absolute atomic E-state index is 12.0. The molecule has 16 nitrogen and oxygen atoms in total. The van der Waals surface area contributed by atoms with E-state index in [1.807, 2.05) is 0 Å². The number of benzene rings is 5. The molecule has 0 atom stereocenters. The topological polar surface area (TPSA) is 272 Å². The Balaban J connectivity index is 1.44. The number of fused-ring (bicyclic) bond motifs is 3. The number of pyridine rings is 1. The van der Waals surface area contributed by atoms with Gasteiger partial charge in [-0.2, -0.15) is 25.3 Å². The summed E-state index contributed by atoms with van der Waals surface area (Å²) in [4.78, 5) is 2.74. The van der Waals surface area contributed by atoms with Crippen molar-refractivity contribution in [1.29, 1.82) is 0 Å². The molecule has 5 aromatic carbocycles. The number of azo groups is 2. The van der Waals surface area contributed by atoms with Crippen molar-refractivity contribution in [2.24, 2.45) is 20.5 Å². The van der Waals surface area contributed by atoms with Gasteiger partial charge in [0.05, 0.1) is 33.7 Å². The van der Waals surface area contributed by atoms with Crippen LogP contribution in [-0.4, -0.2) is 49.0 Å². The van der Waals surface area contributed by atoms with Crippen LogP contribution in [-0.2, 0) is 30.4 Å². The molecule has 19 heteroatoms. The third-order valence-corrected chi connectivity index (χ3v) is 10.0. The summed E-state index contributed by atoms with van der Waals surface area (Å²) >= 11 is 0. The third-order valence-electron chi connectivity index (χ3n) is 7.39. The second kappa shape index (κ2) is 11.9. The Kier molecular flexibility index (Phi) is 8.13. The maximum atomic E-state index is 12.0. The van der Waals surface area contributed by atoms with E-state index in [0.29, 0.717) is 16.3 Å². The summed E-state index contributed by atoms with van der Waals surface area (Å²) in [5.74, 6) is -0.395. The molecule has 0 saturated heterocycles. The predicted octanol–water partition coefficient (Wildman–Crippen LogP) is 6.71. The minimum Gasteiger partial charge on any atom is -0.505 e. The number of rotatable bonds is 7. The first-order valence-electron chi connectivity index (χ1n) is 13.7. The third kappa shape index (κ3) is 6.53. The number of hydrogen-bond acceptors (Lipinski definition) is 13. The minimum atomic E-state index is -4.64. The molecule has 1 heterocycles. The Morgan fingerprint density at radius 3 is 2.00 bits per heavy atom. The van der Waals surface area contributed by atoms with Crippen molar-refractivity contribution in [3.8, 4) is 5.75 Å². The summed E-state index contributed by atoms with van der Waals surface area (Å²) in [6, 6.07) is 16.1. The highest BCUT2D eigenvalue weighted by atomic mass is 32.2. The number of nitrogens with two attached hydrogens (primary N) is 1. The molecule has 6 aromatic rings. The molecule has 0 saturated carbocycles. The lowest BCUT2D eigenvalue weighted by Gasteiger charge is -2.11. The molecule has 49 heavy (non-hydrogen) atoms. The molecule has 6 rings (SSSR count). The van der Waals surface area contributed by atoms with Crippen molar-refractivity contribution >= 4 is 91.2 Å². The predicted molar refractivity (Wildman–Crippen MR) is 178 cm³/mol. The van der Waals surface area contributed by atoms with Crippen molar-refractivity contribution in [2.75, 3.05) is 5.73 Å². The van der Waals surface area contributed by atoms with Crippen LogP contribution in [0.1, 0.15) is 5.56 Å². The lowest BCUT2D eigenvalue weighted by molar-refractivity contribution is 0.480. The fourth-order valence-corrected chi connectivity index (χ4v) is 6.94. The summed E-state index contributed by atoms with van der Waals surface area (Å²) < 4.78 is 99.5. The molecule has 250 valence electrons. The van der Waals surface area contributed by atoms with E-state index in [4.69, 9.17) is 5.73 Å².